The largest absolute Gasteiger partial charge is 0.416 e. The van der Waals surface area contributed by atoms with E-state index in [1.165, 1.54) is 11.2 Å². The number of hydrogen-bond donors (Lipinski definition) is 0. The van der Waals surface area contributed by atoms with Crippen LogP contribution in [0.3, 0.4) is 0 Å². The van der Waals surface area contributed by atoms with Crippen LogP contribution in [-0.2, 0) is 6.18 Å². The van der Waals surface area contributed by atoms with Crippen LogP contribution >= 0.6 is 23.2 Å². The number of rotatable bonds is 5. The van der Waals surface area contributed by atoms with Crippen LogP contribution in [0.5, 0.6) is 0 Å². The van der Waals surface area contributed by atoms with E-state index in [9.17, 15) is 27.2 Å². The Morgan fingerprint density at radius 2 is 1.86 bits per heavy atom. The van der Waals surface area contributed by atoms with E-state index in [-0.39, 0.29) is 17.1 Å². The molecule has 0 saturated carbocycles. The molecule has 0 saturated heterocycles. The minimum absolute atomic E-state index is 0.253. The van der Waals surface area contributed by atoms with Crippen molar-refractivity contribution in [1.29, 1.82) is 5.26 Å². The van der Waals surface area contributed by atoms with Crippen LogP contribution in [-0.4, -0.2) is 41.5 Å². The Morgan fingerprint density at radius 3 is 2.28 bits per heavy atom. The van der Waals surface area contributed by atoms with E-state index in [1.54, 1.807) is 20.2 Å². The van der Waals surface area contributed by atoms with Gasteiger partial charge in [-0.2, -0.15) is 23.5 Å². The fourth-order valence-electron chi connectivity index (χ4n) is 2.27. The number of benzene rings is 1. The summed E-state index contributed by atoms with van der Waals surface area (Å²) >= 11 is 12.0. The zero-order valence-electron chi connectivity index (χ0n) is 14.9. The molecule has 0 aliphatic rings. The first kappa shape index (κ1) is 22.6. The molecule has 1 heterocycles. The molecule has 0 unspecified atom stereocenters. The van der Waals surface area contributed by atoms with Crippen LogP contribution in [0.15, 0.2) is 23.7 Å². The van der Waals surface area contributed by atoms with Crippen molar-refractivity contribution in [2.45, 2.75) is 12.6 Å². The monoisotopic (exact) mass is 451 g/mol. The third-order valence-electron chi connectivity index (χ3n) is 3.52. The lowest BCUT2D eigenvalue weighted by atomic mass is 10.1. The van der Waals surface area contributed by atoms with Crippen LogP contribution in [0, 0.1) is 11.3 Å². The molecule has 0 amide bonds. The summed E-state index contributed by atoms with van der Waals surface area (Å²) in [5.74, 6) is -0.288. The van der Waals surface area contributed by atoms with Gasteiger partial charge < -0.3 is 4.90 Å². The van der Waals surface area contributed by atoms with E-state index in [2.05, 4.69) is 16.7 Å². The Balaban J connectivity index is 2.87. The summed E-state index contributed by atoms with van der Waals surface area (Å²) in [5, 5.41) is 12.3. The lowest BCUT2D eigenvalue weighted by Gasteiger charge is -2.14. The Bertz CT molecular complexity index is 995. The maximum atomic E-state index is 13.3. The SMILES string of the molecule is C=C(c1c(C#N)nn(-c2c(Cl)cc(C(F)(F)F)cc2Cl)c1N=CN(C)C)C(F)F. The molecule has 0 radical (unpaired) electrons. The van der Waals surface area contributed by atoms with E-state index in [4.69, 9.17) is 23.2 Å². The van der Waals surface area contributed by atoms with Gasteiger partial charge in [0.1, 0.15) is 11.8 Å². The highest BCUT2D eigenvalue weighted by molar-refractivity contribution is 6.38. The molecule has 0 N–H and O–H groups in total. The standard InChI is InChI=1S/C17H12Cl2F5N5/c1-8(15(20)21)13-12(6-25)27-29(16(13)26-7-28(2)3)14-10(18)4-9(5-11(14)19)17(22,23)24/h4-5,7,15H,1H2,2-3H3. The van der Waals surface area contributed by atoms with Crippen molar-refractivity contribution >= 4 is 40.9 Å². The molecule has 0 atom stereocenters. The summed E-state index contributed by atoms with van der Waals surface area (Å²) in [6, 6.07) is 2.86. The number of allylic oxidation sites excluding steroid dienone is 1. The highest BCUT2D eigenvalue weighted by Crippen LogP contribution is 2.41. The second-order valence-electron chi connectivity index (χ2n) is 5.89. The van der Waals surface area contributed by atoms with Crippen LogP contribution in [0.2, 0.25) is 10.0 Å². The topological polar surface area (TPSA) is 57.2 Å². The summed E-state index contributed by atoms with van der Waals surface area (Å²) in [4.78, 5) is 5.49. The van der Waals surface area contributed by atoms with Crippen LogP contribution in [0.25, 0.3) is 11.3 Å². The lowest BCUT2D eigenvalue weighted by molar-refractivity contribution is -0.137. The van der Waals surface area contributed by atoms with Gasteiger partial charge in [0.05, 0.1) is 27.5 Å². The van der Waals surface area contributed by atoms with Gasteiger partial charge in [-0.15, -0.1) is 0 Å². The van der Waals surface area contributed by atoms with Crippen molar-refractivity contribution in [1.82, 2.24) is 14.7 Å². The molecule has 154 valence electrons. The van der Waals surface area contributed by atoms with E-state index in [1.807, 2.05) is 0 Å². The predicted octanol–water partition coefficient (Wildman–Crippen LogP) is 5.57. The molecule has 1 aromatic heterocycles. The molecule has 2 rings (SSSR count). The summed E-state index contributed by atoms with van der Waals surface area (Å²) in [6.45, 7) is 3.26. The van der Waals surface area contributed by atoms with Gasteiger partial charge in [0.2, 0.25) is 0 Å². The maximum absolute atomic E-state index is 13.3. The second-order valence-corrected chi connectivity index (χ2v) is 6.71. The van der Waals surface area contributed by atoms with Gasteiger partial charge in [0.15, 0.2) is 11.5 Å². The zero-order chi connectivity index (χ0) is 22.1. The highest BCUT2D eigenvalue weighted by atomic mass is 35.5. The molecule has 0 fully saturated rings. The van der Waals surface area contributed by atoms with Gasteiger partial charge in [0.25, 0.3) is 6.43 Å². The number of halogens is 7. The molecule has 0 bridgehead atoms. The lowest BCUT2D eigenvalue weighted by Crippen LogP contribution is -2.09. The van der Waals surface area contributed by atoms with Crippen LogP contribution in [0.4, 0.5) is 27.8 Å². The second kappa shape index (κ2) is 8.39. The first-order valence-corrected chi connectivity index (χ1v) is 8.41. The summed E-state index contributed by atoms with van der Waals surface area (Å²) in [6.07, 6.45) is -6.52. The van der Waals surface area contributed by atoms with Crippen molar-refractivity contribution in [3.63, 3.8) is 0 Å². The maximum Gasteiger partial charge on any atom is 0.416 e. The van der Waals surface area contributed by atoms with Crippen molar-refractivity contribution in [3.05, 3.63) is 45.6 Å². The van der Waals surface area contributed by atoms with E-state index >= 15 is 0 Å². The number of nitrogens with zero attached hydrogens (tertiary/aromatic N) is 5. The molecule has 5 nitrogen and oxygen atoms in total. The van der Waals surface area contributed by atoms with E-state index in [0.717, 1.165) is 4.68 Å². The smallest absolute Gasteiger partial charge is 0.369 e. The van der Waals surface area contributed by atoms with E-state index in [0.29, 0.717) is 12.1 Å². The quantitative estimate of drug-likeness (QED) is 0.339. The van der Waals surface area contributed by atoms with Crippen molar-refractivity contribution in [2.24, 2.45) is 4.99 Å². The molecule has 0 aliphatic carbocycles. The zero-order valence-corrected chi connectivity index (χ0v) is 16.4. The molecule has 0 aliphatic heterocycles. The van der Waals surface area contributed by atoms with E-state index < -0.39 is 39.5 Å². The molecule has 1 aromatic carbocycles. The third kappa shape index (κ3) is 4.68. The Labute approximate surface area is 172 Å². The number of hydrogen-bond acceptors (Lipinski definition) is 3. The fourth-order valence-corrected chi connectivity index (χ4v) is 2.92. The van der Waals surface area contributed by atoms with Crippen molar-refractivity contribution < 1.29 is 22.0 Å². The van der Waals surface area contributed by atoms with Crippen LogP contribution < -0.4 is 0 Å². The first-order chi connectivity index (χ1) is 13.4. The molecule has 12 heteroatoms. The molecular weight excluding hydrogens is 440 g/mol. The van der Waals surface area contributed by atoms with Gasteiger partial charge in [-0.3, -0.25) is 0 Å². The first-order valence-electron chi connectivity index (χ1n) is 7.66. The minimum Gasteiger partial charge on any atom is -0.369 e. The normalized spacial score (nSPS) is 11.9. The molecule has 0 spiro atoms. The van der Waals surface area contributed by atoms with Gasteiger partial charge in [-0.25, -0.2) is 18.5 Å². The number of alkyl halides is 5. The number of aliphatic imine (C=N–C) groups is 1. The average Bonchev–Trinajstić information content (AvgIpc) is 2.95. The van der Waals surface area contributed by atoms with Crippen molar-refractivity contribution in [2.75, 3.05) is 14.1 Å². The van der Waals surface area contributed by atoms with Gasteiger partial charge >= 0.3 is 6.18 Å². The average molecular weight is 452 g/mol. The summed E-state index contributed by atoms with van der Waals surface area (Å²) in [7, 11) is 3.18. The van der Waals surface area contributed by atoms with Crippen molar-refractivity contribution in [3.8, 4) is 11.8 Å². The Morgan fingerprint density at radius 1 is 1.31 bits per heavy atom. The fraction of sp³-hybridized carbons (Fsp3) is 0.235. The van der Waals surface area contributed by atoms with Crippen LogP contribution in [0.1, 0.15) is 16.8 Å². The molecule has 29 heavy (non-hydrogen) atoms. The third-order valence-corrected chi connectivity index (χ3v) is 4.09. The number of nitriles is 1. The van der Waals surface area contributed by atoms with Gasteiger partial charge in [0, 0.05) is 19.7 Å². The summed E-state index contributed by atoms with van der Waals surface area (Å²) < 4.78 is 66.3. The Hall–Kier alpha value is -2.64. The summed E-state index contributed by atoms with van der Waals surface area (Å²) in [5.41, 5.74) is -2.93. The predicted molar refractivity (Wildman–Crippen MR) is 100 cm³/mol. The van der Waals surface area contributed by atoms with Gasteiger partial charge in [-0.1, -0.05) is 29.8 Å². The highest BCUT2D eigenvalue weighted by Gasteiger charge is 2.33. The number of aromatic nitrogens is 2. The molecular formula is C17H12Cl2F5N5. The Kier molecular flexibility index (Phi) is 6.55. The van der Waals surface area contributed by atoms with Gasteiger partial charge in [-0.05, 0) is 12.1 Å². The minimum atomic E-state index is -4.71. The molecule has 2 aromatic rings.